The zero-order chi connectivity index (χ0) is 14.3. The Morgan fingerprint density at radius 1 is 1.29 bits per heavy atom. The van der Waals surface area contributed by atoms with Gasteiger partial charge in [0.1, 0.15) is 0 Å². The van der Waals surface area contributed by atoms with Gasteiger partial charge in [-0.2, -0.15) is 0 Å². The molecule has 0 saturated carbocycles. The Hall–Kier alpha value is -1.81. The van der Waals surface area contributed by atoms with Gasteiger partial charge in [-0.3, -0.25) is 0 Å². The van der Waals surface area contributed by atoms with Gasteiger partial charge in [0.15, 0.2) is 0 Å². The number of aryl methyl sites for hydroxylation is 2. The SMILES string of the molecule is c1cc2c(c(CNCCCCn3ccnc3)c1)NCCC2. The summed E-state index contributed by atoms with van der Waals surface area (Å²) in [7, 11) is 0. The van der Waals surface area contributed by atoms with Gasteiger partial charge < -0.3 is 15.2 Å². The minimum atomic E-state index is 0.960. The van der Waals surface area contributed by atoms with Crippen LogP contribution in [0.3, 0.4) is 0 Å². The zero-order valence-corrected chi connectivity index (χ0v) is 12.5. The molecule has 0 atom stereocenters. The topological polar surface area (TPSA) is 41.9 Å². The molecule has 0 spiro atoms. The van der Waals surface area contributed by atoms with Crippen LogP contribution in [0.4, 0.5) is 5.69 Å². The van der Waals surface area contributed by atoms with Crippen LogP contribution in [0.5, 0.6) is 0 Å². The molecule has 0 unspecified atom stereocenters. The maximum absolute atomic E-state index is 4.06. The van der Waals surface area contributed by atoms with Crippen LogP contribution < -0.4 is 10.6 Å². The molecule has 1 aromatic carbocycles. The largest absolute Gasteiger partial charge is 0.385 e. The molecule has 0 radical (unpaired) electrons. The number of nitrogens with zero attached hydrogens (tertiary/aromatic N) is 2. The molecule has 0 bridgehead atoms. The lowest BCUT2D eigenvalue weighted by Gasteiger charge is -2.21. The lowest BCUT2D eigenvalue weighted by Crippen LogP contribution is -2.19. The molecule has 21 heavy (non-hydrogen) atoms. The Morgan fingerprint density at radius 3 is 3.19 bits per heavy atom. The zero-order valence-electron chi connectivity index (χ0n) is 12.5. The van der Waals surface area contributed by atoms with Crippen molar-refractivity contribution in [2.24, 2.45) is 0 Å². The van der Waals surface area contributed by atoms with Gasteiger partial charge in [-0.25, -0.2) is 4.98 Å². The highest BCUT2D eigenvalue weighted by atomic mass is 15.0. The number of hydrogen-bond donors (Lipinski definition) is 2. The first-order chi connectivity index (χ1) is 10.4. The van der Waals surface area contributed by atoms with Crippen LogP contribution >= 0.6 is 0 Å². The maximum Gasteiger partial charge on any atom is 0.0945 e. The molecule has 2 heterocycles. The smallest absolute Gasteiger partial charge is 0.0945 e. The summed E-state index contributed by atoms with van der Waals surface area (Å²) in [6.45, 7) is 4.19. The van der Waals surface area contributed by atoms with Crippen LogP contribution in [0.25, 0.3) is 0 Å². The van der Waals surface area contributed by atoms with E-state index in [1.54, 1.807) is 0 Å². The fraction of sp³-hybridized carbons (Fsp3) is 0.471. The van der Waals surface area contributed by atoms with E-state index in [4.69, 9.17) is 0 Å². The number of aromatic nitrogens is 2. The second-order valence-electron chi connectivity index (χ2n) is 5.67. The van der Waals surface area contributed by atoms with E-state index in [1.165, 1.54) is 42.5 Å². The number of anilines is 1. The van der Waals surface area contributed by atoms with Gasteiger partial charge in [0, 0.05) is 37.7 Å². The summed E-state index contributed by atoms with van der Waals surface area (Å²) in [5, 5.41) is 7.12. The van der Waals surface area contributed by atoms with Gasteiger partial charge >= 0.3 is 0 Å². The van der Waals surface area contributed by atoms with E-state index in [9.17, 15) is 0 Å². The van der Waals surface area contributed by atoms with Crippen LogP contribution in [0.2, 0.25) is 0 Å². The van der Waals surface area contributed by atoms with E-state index in [-0.39, 0.29) is 0 Å². The number of fused-ring (bicyclic) bond motifs is 1. The lowest BCUT2D eigenvalue weighted by atomic mass is 9.99. The third-order valence-corrected chi connectivity index (χ3v) is 4.06. The van der Waals surface area contributed by atoms with Crippen molar-refractivity contribution in [2.45, 2.75) is 38.8 Å². The van der Waals surface area contributed by atoms with Crippen LogP contribution in [0.15, 0.2) is 36.9 Å². The minimum absolute atomic E-state index is 0.960. The highest BCUT2D eigenvalue weighted by Gasteiger charge is 2.11. The molecule has 1 aliphatic heterocycles. The van der Waals surface area contributed by atoms with Crippen molar-refractivity contribution in [1.29, 1.82) is 0 Å². The third kappa shape index (κ3) is 3.85. The quantitative estimate of drug-likeness (QED) is 0.768. The van der Waals surface area contributed by atoms with Gasteiger partial charge in [0.2, 0.25) is 0 Å². The summed E-state index contributed by atoms with van der Waals surface area (Å²) in [5.41, 5.74) is 4.25. The van der Waals surface area contributed by atoms with E-state index in [1.807, 2.05) is 18.7 Å². The first kappa shape index (κ1) is 14.1. The van der Waals surface area contributed by atoms with Crippen LogP contribution in [-0.4, -0.2) is 22.6 Å². The van der Waals surface area contributed by atoms with Crippen LogP contribution in [0.1, 0.15) is 30.4 Å². The summed E-state index contributed by atoms with van der Waals surface area (Å²) < 4.78 is 2.14. The molecule has 3 rings (SSSR count). The number of para-hydroxylation sites is 1. The molecule has 112 valence electrons. The molecule has 0 amide bonds. The predicted octanol–water partition coefficient (Wildman–Crippen LogP) is 2.81. The van der Waals surface area contributed by atoms with Crippen LogP contribution in [0, 0.1) is 0 Å². The first-order valence-corrected chi connectivity index (χ1v) is 7.94. The van der Waals surface area contributed by atoms with Crippen molar-refractivity contribution in [3.63, 3.8) is 0 Å². The highest BCUT2D eigenvalue weighted by molar-refractivity contribution is 5.59. The van der Waals surface area contributed by atoms with Crippen molar-refractivity contribution in [1.82, 2.24) is 14.9 Å². The van der Waals surface area contributed by atoms with Gasteiger partial charge in [-0.05, 0) is 43.4 Å². The van der Waals surface area contributed by atoms with Gasteiger partial charge in [0.05, 0.1) is 6.33 Å². The number of nitrogens with one attached hydrogen (secondary N) is 2. The molecule has 1 aliphatic rings. The van der Waals surface area contributed by atoms with Crippen molar-refractivity contribution >= 4 is 5.69 Å². The average molecular weight is 284 g/mol. The first-order valence-electron chi connectivity index (χ1n) is 7.94. The predicted molar refractivity (Wildman–Crippen MR) is 86.4 cm³/mol. The van der Waals surface area contributed by atoms with E-state index < -0.39 is 0 Å². The third-order valence-electron chi connectivity index (χ3n) is 4.06. The Kier molecular flexibility index (Phi) is 4.90. The lowest BCUT2D eigenvalue weighted by molar-refractivity contribution is 0.568. The van der Waals surface area contributed by atoms with Crippen molar-refractivity contribution in [2.75, 3.05) is 18.4 Å². The van der Waals surface area contributed by atoms with Gasteiger partial charge in [0.25, 0.3) is 0 Å². The van der Waals surface area contributed by atoms with Gasteiger partial charge in [-0.15, -0.1) is 0 Å². The monoisotopic (exact) mass is 284 g/mol. The van der Waals surface area contributed by atoms with Crippen molar-refractivity contribution < 1.29 is 0 Å². The van der Waals surface area contributed by atoms with E-state index in [0.29, 0.717) is 0 Å². The Labute approximate surface area is 126 Å². The molecule has 2 N–H and O–H groups in total. The average Bonchev–Trinajstić information content (AvgIpc) is 3.04. The Morgan fingerprint density at radius 2 is 2.29 bits per heavy atom. The summed E-state index contributed by atoms with van der Waals surface area (Å²) in [4.78, 5) is 4.06. The molecule has 2 aromatic rings. The number of hydrogen-bond acceptors (Lipinski definition) is 3. The normalized spacial score (nSPS) is 13.7. The number of rotatable bonds is 7. The van der Waals surface area contributed by atoms with E-state index in [2.05, 4.69) is 38.4 Å². The molecule has 0 aliphatic carbocycles. The molecule has 0 fully saturated rings. The highest BCUT2D eigenvalue weighted by Crippen LogP contribution is 2.25. The fourth-order valence-corrected chi connectivity index (χ4v) is 2.91. The Bertz CT molecular complexity index is 548. The standard InChI is InChI=1S/C17H24N4/c1(2-11-21-12-10-19-14-21)8-18-13-16-6-3-5-15-7-4-9-20-17(15)16/h3,5-6,10,12,14,18,20H,1-2,4,7-9,11,13H2. The summed E-state index contributed by atoms with van der Waals surface area (Å²) in [6, 6.07) is 6.66. The summed E-state index contributed by atoms with van der Waals surface area (Å²) in [5.74, 6) is 0. The molecule has 4 nitrogen and oxygen atoms in total. The number of benzene rings is 1. The van der Waals surface area contributed by atoms with E-state index >= 15 is 0 Å². The summed E-state index contributed by atoms with van der Waals surface area (Å²) >= 11 is 0. The van der Waals surface area contributed by atoms with E-state index in [0.717, 1.165) is 26.2 Å². The van der Waals surface area contributed by atoms with Gasteiger partial charge in [-0.1, -0.05) is 18.2 Å². The van der Waals surface area contributed by atoms with Crippen LogP contribution in [-0.2, 0) is 19.5 Å². The second kappa shape index (κ2) is 7.27. The Balaban J connectivity index is 1.39. The number of unbranched alkanes of at least 4 members (excludes halogenated alkanes) is 1. The minimum Gasteiger partial charge on any atom is -0.385 e. The molecule has 4 heteroatoms. The molecule has 1 aromatic heterocycles. The number of imidazole rings is 1. The fourth-order valence-electron chi connectivity index (χ4n) is 2.91. The molecular weight excluding hydrogens is 260 g/mol. The van der Waals surface area contributed by atoms with Crippen molar-refractivity contribution in [3.8, 4) is 0 Å². The second-order valence-corrected chi connectivity index (χ2v) is 5.67. The van der Waals surface area contributed by atoms with Crippen molar-refractivity contribution in [3.05, 3.63) is 48.0 Å². The summed E-state index contributed by atoms with van der Waals surface area (Å²) in [6.07, 6.45) is 10.6. The molecular formula is C17H24N4. The molecule has 0 saturated heterocycles. The maximum atomic E-state index is 4.06.